The zero-order valence-corrected chi connectivity index (χ0v) is 8.71. The highest BCUT2D eigenvalue weighted by Gasteiger charge is 2.26. The summed E-state index contributed by atoms with van der Waals surface area (Å²) in [6.45, 7) is 5.63. The van der Waals surface area contributed by atoms with Gasteiger partial charge in [-0.3, -0.25) is 0 Å². The fourth-order valence-electron chi connectivity index (χ4n) is 1.26. The van der Waals surface area contributed by atoms with Gasteiger partial charge in [0.25, 0.3) is 0 Å². The van der Waals surface area contributed by atoms with E-state index in [9.17, 15) is 9.50 Å². The molecule has 3 N–H and O–H groups in total. The van der Waals surface area contributed by atoms with E-state index in [1.54, 1.807) is 12.1 Å². The van der Waals surface area contributed by atoms with E-state index in [0.29, 0.717) is 5.56 Å². The molecule has 14 heavy (non-hydrogen) atoms. The SMILES string of the molecule is CC(C)(C)C(O)c1cccc(F)c1N. The van der Waals surface area contributed by atoms with Crippen LogP contribution in [0.4, 0.5) is 10.1 Å². The average Bonchev–Trinajstić information content (AvgIpc) is 2.07. The maximum atomic E-state index is 13.1. The van der Waals surface area contributed by atoms with Gasteiger partial charge in [-0.25, -0.2) is 4.39 Å². The summed E-state index contributed by atoms with van der Waals surface area (Å²) in [6, 6.07) is 4.48. The predicted molar refractivity (Wildman–Crippen MR) is 55.2 cm³/mol. The summed E-state index contributed by atoms with van der Waals surface area (Å²) in [5, 5.41) is 9.92. The number of nitrogen functional groups attached to an aromatic ring is 1. The van der Waals surface area contributed by atoms with E-state index in [2.05, 4.69) is 0 Å². The third-order valence-corrected chi connectivity index (χ3v) is 2.20. The van der Waals surface area contributed by atoms with Crippen LogP contribution in [0.1, 0.15) is 32.4 Å². The molecule has 3 heteroatoms. The smallest absolute Gasteiger partial charge is 0.146 e. The number of anilines is 1. The highest BCUT2D eigenvalue weighted by molar-refractivity contribution is 5.49. The van der Waals surface area contributed by atoms with Gasteiger partial charge in [-0.15, -0.1) is 0 Å². The second-order valence-electron chi connectivity index (χ2n) is 4.51. The van der Waals surface area contributed by atoms with Crippen LogP contribution in [-0.2, 0) is 0 Å². The Labute approximate surface area is 83.6 Å². The number of hydrogen-bond donors (Lipinski definition) is 2. The molecule has 0 fully saturated rings. The number of rotatable bonds is 1. The van der Waals surface area contributed by atoms with Gasteiger partial charge in [0.2, 0.25) is 0 Å². The molecule has 1 atom stereocenters. The molecule has 0 aromatic heterocycles. The second-order valence-corrected chi connectivity index (χ2v) is 4.51. The monoisotopic (exact) mass is 197 g/mol. The van der Waals surface area contributed by atoms with Crippen molar-refractivity contribution in [1.82, 2.24) is 0 Å². The van der Waals surface area contributed by atoms with Crippen LogP contribution in [0.5, 0.6) is 0 Å². The molecule has 2 nitrogen and oxygen atoms in total. The van der Waals surface area contributed by atoms with Crippen LogP contribution in [0.2, 0.25) is 0 Å². The minimum atomic E-state index is -0.752. The van der Waals surface area contributed by atoms with Crippen LogP contribution in [0, 0.1) is 11.2 Å². The molecule has 0 heterocycles. The summed E-state index contributed by atoms with van der Waals surface area (Å²) in [7, 11) is 0. The van der Waals surface area contributed by atoms with E-state index in [4.69, 9.17) is 5.73 Å². The molecule has 0 aliphatic heterocycles. The fourth-order valence-corrected chi connectivity index (χ4v) is 1.26. The predicted octanol–water partition coefficient (Wildman–Crippen LogP) is 2.49. The third kappa shape index (κ3) is 2.04. The van der Waals surface area contributed by atoms with Crippen molar-refractivity contribution in [3.8, 4) is 0 Å². The van der Waals surface area contributed by atoms with E-state index < -0.39 is 11.9 Å². The van der Waals surface area contributed by atoms with E-state index in [0.717, 1.165) is 0 Å². The number of benzene rings is 1. The highest BCUT2D eigenvalue weighted by Crippen LogP contribution is 2.35. The van der Waals surface area contributed by atoms with Gasteiger partial charge in [0, 0.05) is 5.56 Å². The van der Waals surface area contributed by atoms with Gasteiger partial charge in [0.15, 0.2) is 0 Å². The molecule has 0 aliphatic rings. The minimum absolute atomic E-state index is 0.0370. The molecule has 1 rings (SSSR count). The lowest BCUT2D eigenvalue weighted by molar-refractivity contribution is 0.0631. The molecule has 0 saturated heterocycles. The Balaban J connectivity index is 3.14. The molecule has 0 radical (unpaired) electrons. The Morgan fingerprint density at radius 2 is 1.93 bits per heavy atom. The van der Waals surface area contributed by atoms with Crippen molar-refractivity contribution in [2.75, 3.05) is 5.73 Å². The minimum Gasteiger partial charge on any atom is -0.396 e. The Morgan fingerprint density at radius 3 is 2.43 bits per heavy atom. The maximum absolute atomic E-state index is 13.1. The van der Waals surface area contributed by atoms with Gasteiger partial charge in [-0.05, 0) is 11.5 Å². The first-order valence-corrected chi connectivity index (χ1v) is 4.56. The lowest BCUT2D eigenvalue weighted by Gasteiger charge is -2.27. The van der Waals surface area contributed by atoms with Crippen molar-refractivity contribution in [3.05, 3.63) is 29.6 Å². The topological polar surface area (TPSA) is 46.2 Å². The molecule has 0 amide bonds. The first-order valence-electron chi connectivity index (χ1n) is 4.56. The molecular weight excluding hydrogens is 181 g/mol. The lowest BCUT2D eigenvalue weighted by Crippen LogP contribution is -2.19. The van der Waals surface area contributed by atoms with Crippen molar-refractivity contribution in [3.63, 3.8) is 0 Å². The Morgan fingerprint density at radius 1 is 1.36 bits per heavy atom. The molecule has 1 unspecified atom stereocenters. The number of hydrogen-bond acceptors (Lipinski definition) is 2. The summed E-state index contributed by atoms with van der Waals surface area (Å²) in [5.41, 5.74) is 5.69. The molecule has 0 spiro atoms. The summed E-state index contributed by atoms with van der Waals surface area (Å²) in [5.74, 6) is -0.481. The van der Waals surface area contributed by atoms with Crippen molar-refractivity contribution in [1.29, 1.82) is 0 Å². The van der Waals surface area contributed by atoms with Crippen molar-refractivity contribution < 1.29 is 9.50 Å². The van der Waals surface area contributed by atoms with E-state index >= 15 is 0 Å². The molecule has 1 aromatic carbocycles. The van der Waals surface area contributed by atoms with Gasteiger partial charge in [0.05, 0.1) is 11.8 Å². The number of para-hydroxylation sites is 1. The van der Waals surface area contributed by atoms with Gasteiger partial charge < -0.3 is 10.8 Å². The Hall–Kier alpha value is -1.09. The maximum Gasteiger partial charge on any atom is 0.146 e. The zero-order valence-electron chi connectivity index (χ0n) is 8.71. The normalized spacial score (nSPS) is 14.1. The number of aliphatic hydroxyl groups is 1. The second kappa shape index (κ2) is 3.58. The standard InChI is InChI=1S/C11H16FNO/c1-11(2,3)10(14)7-5-4-6-8(12)9(7)13/h4-6,10,14H,13H2,1-3H3. The molecule has 0 saturated carbocycles. The molecular formula is C11H16FNO. The van der Waals surface area contributed by atoms with E-state index in [-0.39, 0.29) is 11.1 Å². The first kappa shape index (κ1) is 11.0. The quantitative estimate of drug-likeness (QED) is 0.679. The molecule has 78 valence electrons. The summed E-state index contributed by atoms with van der Waals surface area (Å²) < 4.78 is 13.1. The summed E-state index contributed by atoms with van der Waals surface area (Å²) in [4.78, 5) is 0. The Kier molecular flexibility index (Phi) is 2.81. The molecule has 1 aromatic rings. The van der Waals surface area contributed by atoms with Crippen LogP contribution >= 0.6 is 0 Å². The van der Waals surface area contributed by atoms with Gasteiger partial charge in [-0.1, -0.05) is 32.9 Å². The van der Waals surface area contributed by atoms with Crippen LogP contribution in [-0.4, -0.2) is 5.11 Å². The van der Waals surface area contributed by atoms with E-state index in [1.165, 1.54) is 6.07 Å². The van der Waals surface area contributed by atoms with Gasteiger partial charge >= 0.3 is 0 Å². The number of nitrogens with two attached hydrogens (primary N) is 1. The third-order valence-electron chi connectivity index (χ3n) is 2.20. The van der Waals surface area contributed by atoms with E-state index in [1.807, 2.05) is 20.8 Å². The van der Waals surface area contributed by atoms with Crippen LogP contribution in [0.3, 0.4) is 0 Å². The zero-order chi connectivity index (χ0) is 10.9. The van der Waals surface area contributed by atoms with Gasteiger partial charge in [0.1, 0.15) is 5.82 Å². The fraction of sp³-hybridized carbons (Fsp3) is 0.455. The van der Waals surface area contributed by atoms with Crippen molar-refractivity contribution in [2.45, 2.75) is 26.9 Å². The van der Waals surface area contributed by atoms with Crippen molar-refractivity contribution in [2.24, 2.45) is 5.41 Å². The first-order chi connectivity index (χ1) is 6.34. The summed E-state index contributed by atoms with van der Waals surface area (Å²) in [6.07, 6.45) is -0.752. The van der Waals surface area contributed by atoms with Crippen LogP contribution < -0.4 is 5.73 Å². The average molecular weight is 197 g/mol. The highest BCUT2D eigenvalue weighted by atomic mass is 19.1. The summed E-state index contributed by atoms with van der Waals surface area (Å²) >= 11 is 0. The largest absolute Gasteiger partial charge is 0.396 e. The number of halogens is 1. The van der Waals surface area contributed by atoms with Crippen LogP contribution in [0.25, 0.3) is 0 Å². The van der Waals surface area contributed by atoms with Gasteiger partial charge in [-0.2, -0.15) is 0 Å². The molecule has 0 aliphatic carbocycles. The number of aliphatic hydroxyl groups excluding tert-OH is 1. The van der Waals surface area contributed by atoms with Crippen LogP contribution in [0.15, 0.2) is 18.2 Å². The van der Waals surface area contributed by atoms with Crippen molar-refractivity contribution >= 4 is 5.69 Å². The molecule has 0 bridgehead atoms. The Bertz CT molecular complexity index is 331. The lowest BCUT2D eigenvalue weighted by atomic mass is 9.84.